The van der Waals surface area contributed by atoms with Crippen molar-refractivity contribution in [2.24, 2.45) is 10.9 Å². The second kappa shape index (κ2) is 8.83. The van der Waals surface area contributed by atoms with Crippen LogP contribution < -0.4 is 10.6 Å². The highest BCUT2D eigenvalue weighted by Crippen LogP contribution is 2.27. The molecule has 3 rings (SSSR count). The highest BCUT2D eigenvalue weighted by molar-refractivity contribution is 5.81. The fourth-order valence-corrected chi connectivity index (χ4v) is 3.77. The fraction of sp³-hybridized carbons (Fsp3) is 0.632. The molecule has 1 atom stereocenters. The van der Waals surface area contributed by atoms with Crippen molar-refractivity contribution in [2.45, 2.75) is 44.6 Å². The molecule has 6 nitrogen and oxygen atoms in total. The molecule has 0 radical (unpaired) electrons. The van der Waals surface area contributed by atoms with Gasteiger partial charge in [0.1, 0.15) is 0 Å². The zero-order chi connectivity index (χ0) is 17.5. The van der Waals surface area contributed by atoms with Gasteiger partial charge in [0.25, 0.3) is 0 Å². The molecule has 2 fully saturated rings. The Morgan fingerprint density at radius 2 is 2.20 bits per heavy atom. The number of amides is 1. The Morgan fingerprint density at radius 3 is 2.92 bits per heavy atom. The summed E-state index contributed by atoms with van der Waals surface area (Å²) >= 11 is 0. The van der Waals surface area contributed by atoms with Crippen molar-refractivity contribution in [3.63, 3.8) is 0 Å². The molecule has 0 bridgehead atoms. The summed E-state index contributed by atoms with van der Waals surface area (Å²) < 4.78 is 0. The SMILES string of the molecule is CN=C(NCCc1cccnc1)NC1CCN(C(=O)C2CCCC2)C1. The molecule has 1 aliphatic carbocycles. The Hall–Kier alpha value is -2.11. The maximum Gasteiger partial charge on any atom is 0.225 e. The average molecular weight is 343 g/mol. The normalized spacial score (nSPS) is 21.6. The minimum atomic E-state index is 0.274. The average Bonchev–Trinajstić information content (AvgIpc) is 3.33. The molecule has 1 unspecified atom stereocenters. The van der Waals surface area contributed by atoms with Gasteiger partial charge in [-0.25, -0.2) is 0 Å². The molecule has 2 heterocycles. The van der Waals surface area contributed by atoms with Crippen molar-refractivity contribution in [1.29, 1.82) is 0 Å². The molecule has 136 valence electrons. The van der Waals surface area contributed by atoms with Crippen LogP contribution in [0.25, 0.3) is 0 Å². The zero-order valence-electron chi connectivity index (χ0n) is 15.1. The lowest BCUT2D eigenvalue weighted by Crippen LogP contribution is -2.45. The first-order chi connectivity index (χ1) is 12.3. The summed E-state index contributed by atoms with van der Waals surface area (Å²) in [7, 11) is 1.79. The van der Waals surface area contributed by atoms with Gasteiger partial charge in [-0.3, -0.25) is 14.8 Å². The van der Waals surface area contributed by atoms with Crippen LogP contribution >= 0.6 is 0 Å². The molecule has 0 spiro atoms. The maximum atomic E-state index is 12.5. The van der Waals surface area contributed by atoms with Crippen LogP contribution in [0.2, 0.25) is 0 Å². The summed E-state index contributed by atoms with van der Waals surface area (Å²) in [5.74, 6) is 1.45. The number of nitrogens with one attached hydrogen (secondary N) is 2. The fourth-order valence-electron chi connectivity index (χ4n) is 3.77. The van der Waals surface area contributed by atoms with Crippen molar-refractivity contribution in [2.75, 3.05) is 26.7 Å². The minimum Gasteiger partial charge on any atom is -0.356 e. The second-order valence-electron chi connectivity index (χ2n) is 7.01. The summed E-state index contributed by atoms with van der Waals surface area (Å²) in [6.07, 6.45) is 10.1. The number of aromatic nitrogens is 1. The van der Waals surface area contributed by atoms with Gasteiger partial charge in [0.05, 0.1) is 0 Å². The molecule has 1 saturated carbocycles. The summed E-state index contributed by atoms with van der Waals surface area (Å²) in [4.78, 5) is 23.0. The third-order valence-electron chi connectivity index (χ3n) is 5.20. The number of carbonyl (C=O) groups excluding carboxylic acids is 1. The number of aliphatic imine (C=N–C) groups is 1. The van der Waals surface area contributed by atoms with Gasteiger partial charge in [-0.2, -0.15) is 0 Å². The van der Waals surface area contributed by atoms with E-state index < -0.39 is 0 Å². The van der Waals surface area contributed by atoms with Gasteiger partial charge in [0.15, 0.2) is 5.96 Å². The summed E-state index contributed by atoms with van der Waals surface area (Å²) in [6, 6.07) is 4.32. The van der Waals surface area contributed by atoms with Gasteiger partial charge >= 0.3 is 0 Å². The topological polar surface area (TPSA) is 69.6 Å². The third-order valence-corrected chi connectivity index (χ3v) is 5.20. The van der Waals surface area contributed by atoms with Crippen LogP contribution in [0.4, 0.5) is 0 Å². The predicted octanol–water partition coefficient (Wildman–Crippen LogP) is 1.58. The Kier molecular flexibility index (Phi) is 6.25. The van der Waals surface area contributed by atoms with Crippen molar-refractivity contribution >= 4 is 11.9 Å². The summed E-state index contributed by atoms with van der Waals surface area (Å²) in [5.41, 5.74) is 1.21. The van der Waals surface area contributed by atoms with Gasteiger partial charge in [-0.05, 0) is 37.3 Å². The highest BCUT2D eigenvalue weighted by atomic mass is 16.2. The highest BCUT2D eigenvalue weighted by Gasteiger charge is 2.32. The standard InChI is InChI=1S/C19H29N5O/c1-20-19(22-11-8-15-5-4-10-21-13-15)23-17-9-12-24(14-17)18(25)16-6-2-3-7-16/h4-5,10,13,16-17H,2-3,6-9,11-12,14H2,1H3,(H2,20,22,23). The third kappa shape index (κ3) is 4.94. The molecule has 2 N–H and O–H groups in total. The van der Waals surface area contributed by atoms with E-state index in [4.69, 9.17) is 0 Å². The zero-order valence-corrected chi connectivity index (χ0v) is 15.1. The van der Waals surface area contributed by atoms with Gasteiger partial charge in [0.2, 0.25) is 5.91 Å². The number of nitrogens with zero attached hydrogens (tertiary/aromatic N) is 3. The van der Waals surface area contributed by atoms with Gasteiger partial charge < -0.3 is 15.5 Å². The first-order valence-electron chi connectivity index (χ1n) is 9.41. The molecule has 6 heteroatoms. The predicted molar refractivity (Wildman–Crippen MR) is 99.4 cm³/mol. The molecule has 1 aromatic heterocycles. The summed E-state index contributed by atoms with van der Waals surface area (Å²) in [6.45, 7) is 2.46. The molecule has 2 aliphatic rings. The van der Waals surface area contributed by atoms with Gasteiger partial charge in [-0.1, -0.05) is 18.9 Å². The number of carbonyl (C=O) groups is 1. The van der Waals surface area contributed by atoms with Crippen LogP contribution in [-0.2, 0) is 11.2 Å². The van der Waals surface area contributed by atoms with Crippen molar-refractivity contribution in [3.8, 4) is 0 Å². The Balaban J connectivity index is 1.41. The van der Waals surface area contributed by atoms with E-state index in [0.717, 1.165) is 51.3 Å². The van der Waals surface area contributed by atoms with E-state index in [1.54, 1.807) is 13.2 Å². The number of rotatable bonds is 5. The monoisotopic (exact) mass is 343 g/mol. The van der Waals surface area contributed by atoms with E-state index in [0.29, 0.717) is 5.91 Å². The van der Waals surface area contributed by atoms with E-state index in [9.17, 15) is 4.79 Å². The molecule has 25 heavy (non-hydrogen) atoms. The smallest absolute Gasteiger partial charge is 0.225 e. The molecular formula is C19H29N5O. The van der Waals surface area contributed by atoms with Crippen molar-refractivity contribution < 1.29 is 4.79 Å². The maximum absolute atomic E-state index is 12.5. The van der Waals surface area contributed by atoms with Crippen molar-refractivity contribution in [1.82, 2.24) is 20.5 Å². The van der Waals surface area contributed by atoms with Crippen molar-refractivity contribution in [3.05, 3.63) is 30.1 Å². The Bertz CT molecular complexity index is 583. The van der Waals surface area contributed by atoms with E-state index in [2.05, 4.69) is 26.7 Å². The Morgan fingerprint density at radius 1 is 1.36 bits per heavy atom. The second-order valence-corrected chi connectivity index (χ2v) is 7.01. The van der Waals surface area contributed by atoms with E-state index in [1.807, 2.05) is 17.2 Å². The number of hydrogen-bond acceptors (Lipinski definition) is 3. The summed E-state index contributed by atoms with van der Waals surface area (Å²) in [5, 5.41) is 6.81. The van der Waals surface area contributed by atoms with E-state index >= 15 is 0 Å². The molecule has 1 aromatic rings. The number of likely N-dealkylation sites (tertiary alicyclic amines) is 1. The quantitative estimate of drug-likeness (QED) is 0.629. The van der Waals surface area contributed by atoms with Crippen LogP contribution in [0.5, 0.6) is 0 Å². The number of pyridine rings is 1. The van der Waals surface area contributed by atoms with E-state index in [-0.39, 0.29) is 12.0 Å². The minimum absolute atomic E-state index is 0.274. The molecule has 0 aromatic carbocycles. The van der Waals surface area contributed by atoms with Crippen LogP contribution in [0.15, 0.2) is 29.5 Å². The van der Waals surface area contributed by atoms with Crippen LogP contribution in [-0.4, -0.2) is 54.5 Å². The molecule has 1 aliphatic heterocycles. The van der Waals surface area contributed by atoms with Gasteiger partial charge in [-0.15, -0.1) is 0 Å². The first kappa shape index (κ1) is 17.7. The molecule has 1 amide bonds. The van der Waals surface area contributed by atoms with Crippen LogP contribution in [0.1, 0.15) is 37.7 Å². The molecule has 1 saturated heterocycles. The van der Waals surface area contributed by atoms with Crippen LogP contribution in [0.3, 0.4) is 0 Å². The number of hydrogen-bond donors (Lipinski definition) is 2. The Labute approximate surface area is 150 Å². The first-order valence-corrected chi connectivity index (χ1v) is 9.41. The lowest BCUT2D eigenvalue weighted by Gasteiger charge is -2.21. The van der Waals surface area contributed by atoms with Crippen LogP contribution in [0, 0.1) is 5.92 Å². The molecular weight excluding hydrogens is 314 g/mol. The number of guanidine groups is 1. The van der Waals surface area contributed by atoms with E-state index in [1.165, 1.54) is 18.4 Å². The lowest BCUT2D eigenvalue weighted by atomic mass is 10.1. The lowest BCUT2D eigenvalue weighted by molar-refractivity contribution is -0.134. The van der Waals surface area contributed by atoms with Gasteiger partial charge in [0, 0.05) is 51.0 Å². The largest absolute Gasteiger partial charge is 0.356 e.